The number of ether oxygens (including phenoxy) is 2. The number of epoxide rings is 1. The van der Waals surface area contributed by atoms with Crippen molar-refractivity contribution in [3.8, 4) is 5.75 Å². The number of carbonyl (C=O) groups excluding carboxylic acids is 4. The number of hydrogen-bond acceptors (Lipinski definition) is 7. The molecular weight excluding hydrogens is 562 g/mol. The summed E-state index contributed by atoms with van der Waals surface area (Å²) in [4.78, 5) is 54.2. The number of benzene rings is 1. The number of Topliss-reactive ketones (excluding diaryl/α,β-unsaturated/α-hetero) is 1. The number of rotatable bonds is 14. The third-order valence-corrected chi connectivity index (χ3v) is 8.62. The molecule has 3 N–H and O–H groups in total. The third-order valence-electron chi connectivity index (χ3n) is 8.62. The van der Waals surface area contributed by atoms with Gasteiger partial charge in [-0.2, -0.15) is 0 Å². The minimum absolute atomic E-state index is 0.128. The lowest BCUT2D eigenvalue weighted by Crippen LogP contribution is -2.57. The molecule has 2 heterocycles. The molecule has 0 spiro atoms. The van der Waals surface area contributed by atoms with Gasteiger partial charge in [0, 0.05) is 12.8 Å². The van der Waals surface area contributed by atoms with E-state index in [2.05, 4.69) is 16.0 Å². The molecule has 12 heteroatoms. The molecule has 0 aromatic heterocycles. The van der Waals surface area contributed by atoms with E-state index in [0.29, 0.717) is 31.2 Å². The van der Waals surface area contributed by atoms with Gasteiger partial charge in [-0.05, 0) is 56.8 Å². The summed E-state index contributed by atoms with van der Waals surface area (Å²) in [6, 6.07) is 4.23. The van der Waals surface area contributed by atoms with Crippen LogP contribution < -0.4 is 20.7 Å². The molecule has 1 saturated carbocycles. The fourth-order valence-electron chi connectivity index (χ4n) is 5.94. The molecule has 0 bridgehead atoms. The molecule has 3 amide bonds. The quantitative estimate of drug-likeness (QED) is 0.278. The number of carbonyl (C=O) groups is 4. The van der Waals surface area contributed by atoms with Gasteiger partial charge in [0.15, 0.2) is 5.78 Å². The smallest absolute Gasteiger partial charge is 0.260 e. The van der Waals surface area contributed by atoms with Gasteiger partial charge in [-0.3, -0.25) is 24.1 Å². The number of alkyl halides is 2. The van der Waals surface area contributed by atoms with Crippen LogP contribution in [0.3, 0.4) is 0 Å². The molecule has 2 saturated heterocycles. The summed E-state index contributed by atoms with van der Waals surface area (Å²) in [5.41, 5.74) is -0.164. The second-order valence-electron chi connectivity index (χ2n) is 12.4. The summed E-state index contributed by atoms with van der Waals surface area (Å²) >= 11 is 0. The molecular formula is C31H44F2N4O6. The standard InChI is InChI=1S/C31H44F2N4O6/c1-20(34-26(38)17-37-14-6-13-31(32,33)18-37)28(40)36-25(16-22-9-11-23(42-3)12-10-22)29(41)35-24(15-21-7-4-5-8-21)27(39)30(2)19-43-30/h9-12,20-21,24-25H,4-8,13-19H2,1-3H3,(H,34,38)(H,35,41)(H,36,40)/t20-,24-,25-,30+/m0/s1. The number of hydrogen-bond donors (Lipinski definition) is 3. The van der Waals surface area contributed by atoms with E-state index >= 15 is 0 Å². The van der Waals surface area contributed by atoms with E-state index in [0.717, 1.165) is 31.2 Å². The zero-order chi connectivity index (χ0) is 31.2. The number of likely N-dealkylation sites (tertiary alicyclic amines) is 1. The number of piperidine rings is 1. The lowest BCUT2D eigenvalue weighted by atomic mass is 9.90. The Kier molecular flexibility index (Phi) is 10.8. The van der Waals surface area contributed by atoms with Gasteiger partial charge >= 0.3 is 0 Å². The highest BCUT2D eigenvalue weighted by Gasteiger charge is 2.50. The first kappa shape index (κ1) is 32.8. The van der Waals surface area contributed by atoms with Gasteiger partial charge in [-0.1, -0.05) is 37.8 Å². The van der Waals surface area contributed by atoms with Crippen LogP contribution in [0.25, 0.3) is 0 Å². The van der Waals surface area contributed by atoms with E-state index in [1.54, 1.807) is 38.3 Å². The van der Waals surface area contributed by atoms with Gasteiger partial charge in [0.25, 0.3) is 5.92 Å². The van der Waals surface area contributed by atoms with Crippen molar-refractivity contribution < 1.29 is 37.4 Å². The normalized spacial score (nSPS) is 23.9. The molecule has 4 atom stereocenters. The number of nitrogens with one attached hydrogen (secondary N) is 3. The van der Waals surface area contributed by atoms with E-state index < -0.39 is 53.9 Å². The lowest BCUT2D eigenvalue weighted by Gasteiger charge is -2.32. The van der Waals surface area contributed by atoms with E-state index in [1.807, 2.05) is 0 Å². The second kappa shape index (κ2) is 14.1. The van der Waals surface area contributed by atoms with Crippen LogP contribution in [0.4, 0.5) is 8.78 Å². The molecule has 3 aliphatic rings. The first-order valence-corrected chi connectivity index (χ1v) is 15.2. The average Bonchev–Trinajstić information content (AvgIpc) is 3.49. The molecule has 1 aliphatic carbocycles. The van der Waals surface area contributed by atoms with Crippen molar-refractivity contribution in [2.45, 2.75) is 94.9 Å². The SMILES string of the molecule is COc1ccc(C[C@H](NC(=O)[C@H](C)NC(=O)CN2CCCC(F)(F)C2)C(=O)N[C@@H](CC2CCCC2)C(=O)[C@@]2(C)CO2)cc1. The van der Waals surface area contributed by atoms with Crippen LogP contribution in [-0.2, 0) is 30.3 Å². The molecule has 43 heavy (non-hydrogen) atoms. The topological polar surface area (TPSA) is 129 Å². The van der Waals surface area contributed by atoms with Crippen molar-refractivity contribution >= 4 is 23.5 Å². The Labute approximate surface area is 251 Å². The predicted octanol–water partition coefficient (Wildman–Crippen LogP) is 2.38. The van der Waals surface area contributed by atoms with Crippen molar-refractivity contribution in [2.75, 3.05) is 33.4 Å². The summed E-state index contributed by atoms with van der Waals surface area (Å²) < 4.78 is 38.1. The fourth-order valence-corrected chi connectivity index (χ4v) is 5.94. The maximum absolute atomic E-state index is 13.7. The van der Waals surface area contributed by atoms with Crippen LogP contribution in [0.1, 0.15) is 64.4 Å². The molecule has 2 aliphatic heterocycles. The van der Waals surface area contributed by atoms with Crippen LogP contribution in [0, 0.1) is 5.92 Å². The second-order valence-corrected chi connectivity index (χ2v) is 12.4. The highest BCUT2D eigenvalue weighted by molar-refractivity contribution is 5.98. The number of ketones is 1. The molecule has 1 aromatic rings. The molecule has 1 aromatic carbocycles. The maximum atomic E-state index is 13.7. The van der Waals surface area contributed by atoms with Crippen molar-refractivity contribution in [3.63, 3.8) is 0 Å². The van der Waals surface area contributed by atoms with Crippen LogP contribution in [0.2, 0.25) is 0 Å². The fraction of sp³-hybridized carbons (Fsp3) is 0.677. The summed E-state index contributed by atoms with van der Waals surface area (Å²) in [5, 5.41) is 8.20. The van der Waals surface area contributed by atoms with E-state index in [1.165, 1.54) is 11.8 Å². The van der Waals surface area contributed by atoms with Gasteiger partial charge < -0.3 is 25.4 Å². The number of halogens is 2. The Balaban J connectivity index is 1.43. The summed E-state index contributed by atoms with van der Waals surface area (Å²) in [6.07, 6.45) is 4.89. The summed E-state index contributed by atoms with van der Waals surface area (Å²) in [6.45, 7) is 3.11. The van der Waals surface area contributed by atoms with Gasteiger partial charge in [0.05, 0.1) is 32.8 Å². The van der Waals surface area contributed by atoms with Crippen molar-refractivity contribution in [3.05, 3.63) is 29.8 Å². The average molecular weight is 607 g/mol. The van der Waals surface area contributed by atoms with Gasteiger partial charge in [0.1, 0.15) is 23.4 Å². The van der Waals surface area contributed by atoms with Gasteiger partial charge in [-0.15, -0.1) is 0 Å². The zero-order valence-corrected chi connectivity index (χ0v) is 25.3. The van der Waals surface area contributed by atoms with Crippen LogP contribution in [0.15, 0.2) is 24.3 Å². The molecule has 4 rings (SSSR count). The molecule has 10 nitrogen and oxygen atoms in total. The first-order chi connectivity index (χ1) is 20.4. The van der Waals surface area contributed by atoms with Gasteiger partial charge in [0.2, 0.25) is 17.7 Å². The summed E-state index contributed by atoms with van der Waals surface area (Å²) in [5.74, 6) is -3.75. The highest BCUT2D eigenvalue weighted by Crippen LogP contribution is 2.33. The maximum Gasteiger partial charge on any atom is 0.260 e. The first-order valence-electron chi connectivity index (χ1n) is 15.2. The molecule has 3 fully saturated rings. The minimum Gasteiger partial charge on any atom is -0.497 e. The van der Waals surface area contributed by atoms with Crippen LogP contribution >= 0.6 is 0 Å². The molecule has 238 valence electrons. The van der Waals surface area contributed by atoms with Crippen molar-refractivity contribution in [1.29, 1.82) is 0 Å². The molecule has 0 unspecified atom stereocenters. The Morgan fingerprint density at radius 1 is 1.02 bits per heavy atom. The van der Waals surface area contributed by atoms with E-state index in [4.69, 9.17) is 9.47 Å². The Hall–Kier alpha value is -3.12. The predicted molar refractivity (Wildman–Crippen MR) is 155 cm³/mol. The van der Waals surface area contributed by atoms with Crippen LogP contribution in [0.5, 0.6) is 5.75 Å². The van der Waals surface area contributed by atoms with Crippen LogP contribution in [-0.4, -0.2) is 91.4 Å². The van der Waals surface area contributed by atoms with Gasteiger partial charge in [-0.25, -0.2) is 8.78 Å². The monoisotopic (exact) mass is 606 g/mol. The highest BCUT2D eigenvalue weighted by atomic mass is 19.3. The van der Waals surface area contributed by atoms with Crippen molar-refractivity contribution in [1.82, 2.24) is 20.9 Å². The zero-order valence-electron chi connectivity index (χ0n) is 25.3. The molecule has 0 radical (unpaired) electrons. The third kappa shape index (κ3) is 9.43. The number of amides is 3. The Bertz CT molecular complexity index is 1150. The van der Waals surface area contributed by atoms with E-state index in [9.17, 15) is 28.0 Å². The minimum atomic E-state index is -2.84. The van der Waals surface area contributed by atoms with Crippen molar-refractivity contribution in [2.24, 2.45) is 5.92 Å². The van der Waals surface area contributed by atoms with E-state index in [-0.39, 0.29) is 31.6 Å². The Morgan fingerprint density at radius 2 is 1.67 bits per heavy atom. The number of methoxy groups -OCH3 is 1. The number of nitrogens with zero attached hydrogens (tertiary/aromatic N) is 1. The largest absolute Gasteiger partial charge is 0.497 e. The Morgan fingerprint density at radius 3 is 2.28 bits per heavy atom. The summed E-state index contributed by atoms with van der Waals surface area (Å²) in [7, 11) is 1.55. The lowest BCUT2D eigenvalue weighted by molar-refractivity contribution is -0.134.